The Hall–Kier alpha value is -2.04. The van der Waals surface area contributed by atoms with Crippen LogP contribution in [0, 0.1) is 17.8 Å². The van der Waals surface area contributed by atoms with Gasteiger partial charge in [0.2, 0.25) is 0 Å². The van der Waals surface area contributed by atoms with Gasteiger partial charge >= 0.3 is 5.97 Å². The summed E-state index contributed by atoms with van der Waals surface area (Å²) in [4.78, 5) is 23.7. The molecule has 0 aliphatic heterocycles. The molecule has 3 rings (SSSR count). The summed E-state index contributed by atoms with van der Waals surface area (Å²) in [5.74, 6) is -1.04. The molecule has 1 aromatic rings. The average molecular weight is 274 g/mol. The highest BCUT2D eigenvalue weighted by molar-refractivity contribution is 5.99. The van der Waals surface area contributed by atoms with E-state index in [0.717, 1.165) is 19.3 Å². The number of hydrogen-bond acceptors (Lipinski definition) is 3. The summed E-state index contributed by atoms with van der Waals surface area (Å²) in [7, 11) is 0. The van der Waals surface area contributed by atoms with Gasteiger partial charge in [-0.2, -0.15) is 0 Å². The minimum atomic E-state index is -0.802. The number of carbonyl (C=O) groups is 2. The molecule has 2 saturated carbocycles. The summed E-state index contributed by atoms with van der Waals surface area (Å²) < 4.78 is 0. The first-order chi connectivity index (χ1) is 9.58. The third-order valence-electron chi connectivity index (χ3n) is 4.70. The van der Waals surface area contributed by atoms with E-state index in [4.69, 9.17) is 5.73 Å². The van der Waals surface area contributed by atoms with Crippen LogP contribution in [0.2, 0.25) is 0 Å². The van der Waals surface area contributed by atoms with Gasteiger partial charge in [-0.05, 0) is 43.2 Å². The Morgan fingerprint density at radius 2 is 1.90 bits per heavy atom. The summed E-state index contributed by atoms with van der Waals surface area (Å²) in [6.45, 7) is 0. The van der Waals surface area contributed by atoms with Crippen molar-refractivity contribution in [3.05, 3.63) is 29.8 Å². The van der Waals surface area contributed by atoms with Crippen LogP contribution in [0.5, 0.6) is 0 Å². The zero-order valence-corrected chi connectivity index (χ0v) is 11.1. The second-order valence-corrected chi connectivity index (χ2v) is 5.78. The highest BCUT2D eigenvalue weighted by Crippen LogP contribution is 2.48. The minimum Gasteiger partial charge on any atom is -0.481 e. The Labute approximate surface area is 117 Å². The summed E-state index contributed by atoms with van der Waals surface area (Å²) >= 11 is 0. The molecule has 4 N–H and O–H groups in total. The maximum Gasteiger partial charge on any atom is 0.308 e. The molecule has 4 atom stereocenters. The lowest BCUT2D eigenvalue weighted by molar-refractivity contribution is -0.144. The number of nitrogens with one attached hydrogen (secondary N) is 1. The van der Waals surface area contributed by atoms with Gasteiger partial charge in [0.05, 0.1) is 11.5 Å². The third kappa shape index (κ3) is 2.03. The van der Waals surface area contributed by atoms with Gasteiger partial charge in [0.15, 0.2) is 0 Å². The van der Waals surface area contributed by atoms with Crippen LogP contribution in [-0.2, 0) is 4.79 Å². The molecular formula is C15H18N2O3. The average Bonchev–Trinajstić information content (AvgIpc) is 2.99. The predicted octanol–water partition coefficient (Wildman–Crippen LogP) is 1.50. The van der Waals surface area contributed by atoms with E-state index in [1.807, 2.05) is 0 Å². The molecule has 4 unspecified atom stereocenters. The Morgan fingerprint density at radius 1 is 1.20 bits per heavy atom. The van der Waals surface area contributed by atoms with E-state index in [9.17, 15) is 14.7 Å². The van der Waals surface area contributed by atoms with E-state index in [-0.39, 0.29) is 23.8 Å². The number of fused-ring (bicyclic) bond motifs is 2. The van der Waals surface area contributed by atoms with Crippen molar-refractivity contribution >= 4 is 17.6 Å². The smallest absolute Gasteiger partial charge is 0.308 e. The van der Waals surface area contributed by atoms with E-state index < -0.39 is 11.9 Å². The van der Waals surface area contributed by atoms with Crippen LogP contribution in [0.1, 0.15) is 29.6 Å². The number of carbonyl (C=O) groups excluding carboxylic acids is 1. The first-order valence-corrected chi connectivity index (χ1v) is 6.96. The van der Waals surface area contributed by atoms with E-state index >= 15 is 0 Å². The fourth-order valence-electron chi connectivity index (χ4n) is 3.79. The molecule has 20 heavy (non-hydrogen) atoms. The van der Waals surface area contributed by atoms with Crippen molar-refractivity contribution in [1.82, 2.24) is 5.32 Å². The molecule has 106 valence electrons. The molecular weight excluding hydrogens is 256 g/mol. The van der Waals surface area contributed by atoms with Crippen LogP contribution >= 0.6 is 0 Å². The third-order valence-corrected chi connectivity index (χ3v) is 4.70. The van der Waals surface area contributed by atoms with Gasteiger partial charge in [0.25, 0.3) is 5.91 Å². The van der Waals surface area contributed by atoms with E-state index in [2.05, 4.69) is 5.32 Å². The van der Waals surface area contributed by atoms with Crippen molar-refractivity contribution in [1.29, 1.82) is 0 Å². The molecule has 0 radical (unpaired) electrons. The first-order valence-electron chi connectivity index (χ1n) is 6.96. The topological polar surface area (TPSA) is 92.4 Å². The number of nitrogens with two attached hydrogens (primary N) is 1. The Morgan fingerprint density at radius 3 is 2.60 bits per heavy atom. The van der Waals surface area contributed by atoms with Gasteiger partial charge in [-0.25, -0.2) is 0 Å². The molecule has 0 aromatic heterocycles. The highest BCUT2D eigenvalue weighted by Gasteiger charge is 2.51. The van der Waals surface area contributed by atoms with Crippen LogP contribution in [0.3, 0.4) is 0 Å². The molecule has 2 bridgehead atoms. The van der Waals surface area contributed by atoms with Crippen LogP contribution in [0.4, 0.5) is 5.69 Å². The lowest BCUT2D eigenvalue weighted by Crippen LogP contribution is -2.46. The zero-order chi connectivity index (χ0) is 14.3. The molecule has 0 heterocycles. The first kappa shape index (κ1) is 13.0. The number of hydrogen-bond donors (Lipinski definition) is 3. The molecule has 2 fully saturated rings. The highest BCUT2D eigenvalue weighted by atomic mass is 16.4. The van der Waals surface area contributed by atoms with Crippen molar-refractivity contribution < 1.29 is 14.7 Å². The number of anilines is 1. The normalized spacial score (nSPS) is 31.2. The summed E-state index contributed by atoms with van der Waals surface area (Å²) in [5.41, 5.74) is 6.62. The zero-order valence-electron chi connectivity index (χ0n) is 11.1. The number of amides is 1. The number of carboxylic acid groups (broad SMARTS) is 1. The van der Waals surface area contributed by atoms with Gasteiger partial charge in [-0.3, -0.25) is 9.59 Å². The van der Waals surface area contributed by atoms with Gasteiger partial charge in [0, 0.05) is 11.7 Å². The fourth-order valence-corrected chi connectivity index (χ4v) is 3.79. The second-order valence-electron chi connectivity index (χ2n) is 5.78. The molecule has 2 aliphatic carbocycles. The predicted molar refractivity (Wildman–Crippen MR) is 74.1 cm³/mol. The van der Waals surface area contributed by atoms with Gasteiger partial charge in [0.1, 0.15) is 0 Å². The van der Waals surface area contributed by atoms with E-state index in [1.54, 1.807) is 24.3 Å². The summed E-state index contributed by atoms with van der Waals surface area (Å²) in [6, 6.07) is 6.58. The van der Waals surface area contributed by atoms with Gasteiger partial charge in [-0.15, -0.1) is 0 Å². The maximum atomic E-state index is 12.3. The Bertz CT molecular complexity index is 558. The minimum absolute atomic E-state index is 0.205. The Balaban J connectivity index is 1.79. The van der Waals surface area contributed by atoms with Gasteiger partial charge < -0.3 is 16.2 Å². The van der Waals surface area contributed by atoms with Crippen LogP contribution in [-0.4, -0.2) is 23.0 Å². The van der Waals surface area contributed by atoms with Gasteiger partial charge in [-0.1, -0.05) is 12.1 Å². The number of carboxylic acids is 1. The standard InChI is InChI=1S/C15H18N2O3/c16-11-4-2-1-3-10(11)14(18)17-13-9-6-5-8(7-9)12(13)15(19)20/h1-4,8-9,12-13H,5-7,16H2,(H,17,18)(H,19,20). The number of aliphatic carboxylic acids is 1. The maximum absolute atomic E-state index is 12.3. The van der Waals surface area contributed by atoms with Crippen LogP contribution < -0.4 is 11.1 Å². The molecule has 0 spiro atoms. The van der Waals surface area contributed by atoms with Crippen molar-refractivity contribution in [2.75, 3.05) is 5.73 Å². The fraction of sp³-hybridized carbons (Fsp3) is 0.467. The van der Waals surface area contributed by atoms with Crippen molar-refractivity contribution in [2.24, 2.45) is 17.8 Å². The molecule has 0 saturated heterocycles. The monoisotopic (exact) mass is 274 g/mol. The molecule has 5 heteroatoms. The van der Waals surface area contributed by atoms with Crippen molar-refractivity contribution in [3.63, 3.8) is 0 Å². The van der Waals surface area contributed by atoms with Crippen molar-refractivity contribution in [2.45, 2.75) is 25.3 Å². The molecule has 5 nitrogen and oxygen atoms in total. The van der Waals surface area contributed by atoms with E-state index in [1.165, 1.54) is 0 Å². The number of benzene rings is 1. The summed E-state index contributed by atoms with van der Waals surface area (Å²) in [6.07, 6.45) is 2.87. The lowest BCUT2D eigenvalue weighted by atomic mass is 9.84. The quantitative estimate of drug-likeness (QED) is 0.728. The van der Waals surface area contributed by atoms with Crippen LogP contribution in [0.15, 0.2) is 24.3 Å². The number of rotatable bonds is 3. The SMILES string of the molecule is Nc1ccccc1C(=O)NC1C2CCC(C2)C1C(=O)O. The molecule has 2 aliphatic rings. The largest absolute Gasteiger partial charge is 0.481 e. The summed E-state index contributed by atoms with van der Waals surface area (Å²) in [5, 5.41) is 12.3. The number of para-hydroxylation sites is 1. The van der Waals surface area contributed by atoms with E-state index in [0.29, 0.717) is 11.3 Å². The Kier molecular flexibility index (Phi) is 3.12. The molecule has 1 amide bonds. The van der Waals surface area contributed by atoms with Crippen LogP contribution in [0.25, 0.3) is 0 Å². The molecule has 1 aromatic carbocycles. The lowest BCUT2D eigenvalue weighted by Gasteiger charge is -2.29. The van der Waals surface area contributed by atoms with Crippen molar-refractivity contribution in [3.8, 4) is 0 Å². The number of nitrogen functional groups attached to an aromatic ring is 1. The second kappa shape index (κ2) is 4.81.